The smallest absolute Gasteiger partial charge is 0.111 e. The SMILES string of the molecule is CCn1c(CC(N)c2cn(C)cn2)nc2ccccc21. The first-order chi connectivity index (χ1) is 9.69. The van der Waals surface area contributed by atoms with Gasteiger partial charge in [0.15, 0.2) is 0 Å². The van der Waals surface area contributed by atoms with Crippen LogP contribution in [0.4, 0.5) is 0 Å². The van der Waals surface area contributed by atoms with E-state index in [0.29, 0.717) is 6.42 Å². The molecule has 0 amide bonds. The summed E-state index contributed by atoms with van der Waals surface area (Å²) in [6.45, 7) is 3.02. The topological polar surface area (TPSA) is 61.7 Å². The number of para-hydroxylation sites is 2. The van der Waals surface area contributed by atoms with Crippen LogP contribution in [-0.2, 0) is 20.0 Å². The maximum Gasteiger partial charge on any atom is 0.111 e. The van der Waals surface area contributed by atoms with Gasteiger partial charge in [0.1, 0.15) is 5.82 Å². The highest BCUT2D eigenvalue weighted by Gasteiger charge is 2.15. The molecule has 0 saturated heterocycles. The van der Waals surface area contributed by atoms with Gasteiger partial charge in [0.05, 0.1) is 29.1 Å². The number of aryl methyl sites for hydroxylation is 2. The van der Waals surface area contributed by atoms with Crippen LogP contribution in [0.15, 0.2) is 36.8 Å². The Hall–Kier alpha value is -2.14. The van der Waals surface area contributed by atoms with Gasteiger partial charge in [-0.25, -0.2) is 9.97 Å². The number of nitrogens with two attached hydrogens (primary N) is 1. The van der Waals surface area contributed by atoms with Gasteiger partial charge >= 0.3 is 0 Å². The first kappa shape index (κ1) is 12.9. The van der Waals surface area contributed by atoms with E-state index in [4.69, 9.17) is 10.7 Å². The van der Waals surface area contributed by atoms with Crippen LogP contribution in [0.5, 0.6) is 0 Å². The standard InChI is InChI=1S/C15H19N5/c1-3-20-14-7-5-4-6-12(14)18-15(20)8-11(16)13-9-19(2)10-17-13/h4-7,9-11H,3,8,16H2,1-2H3. The number of hydrogen-bond acceptors (Lipinski definition) is 3. The molecule has 3 aromatic rings. The molecule has 104 valence electrons. The molecule has 0 spiro atoms. The molecular formula is C15H19N5. The summed E-state index contributed by atoms with van der Waals surface area (Å²) in [4.78, 5) is 9.03. The summed E-state index contributed by atoms with van der Waals surface area (Å²) in [5.41, 5.74) is 9.35. The number of rotatable bonds is 4. The highest BCUT2D eigenvalue weighted by Crippen LogP contribution is 2.20. The average molecular weight is 269 g/mol. The minimum atomic E-state index is -0.127. The highest BCUT2D eigenvalue weighted by molar-refractivity contribution is 5.75. The van der Waals surface area contributed by atoms with Crippen molar-refractivity contribution < 1.29 is 0 Å². The zero-order chi connectivity index (χ0) is 14.1. The predicted octanol–water partition coefficient (Wildman–Crippen LogP) is 2.03. The Bertz CT molecular complexity index is 725. The molecule has 0 saturated carbocycles. The van der Waals surface area contributed by atoms with E-state index in [0.717, 1.165) is 23.6 Å². The molecule has 5 heteroatoms. The lowest BCUT2D eigenvalue weighted by Crippen LogP contribution is -2.16. The fourth-order valence-corrected chi connectivity index (χ4v) is 2.56. The summed E-state index contributed by atoms with van der Waals surface area (Å²) in [6.07, 6.45) is 4.43. The van der Waals surface area contributed by atoms with E-state index in [1.54, 1.807) is 6.33 Å². The Morgan fingerprint density at radius 2 is 2.10 bits per heavy atom. The van der Waals surface area contributed by atoms with Gasteiger partial charge in [-0.05, 0) is 19.1 Å². The second-order valence-electron chi connectivity index (χ2n) is 5.04. The summed E-state index contributed by atoms with van der Waals surface area (Å²) < 4.78 is 4.14. The van der Waals surface area contributed by atoms with Gasteiger partial charge in [0, 0.05) is 26.2 Å². The molecule has 0 aliphatic carbocycles. The molecule has 2 aromatic heterocycles. The lowest BCUT2D eigenvalue weighted by Gasteiger charge is -2.10. The minimum Gasteiger partial charge on any atom is -0.340 e. The normalized spacial score (nSPS) is 12.9. The van der Waals surface area contributed by atoms with Gasteiger partial charge in [0.25, 0.3) is 0 Å². The van der Waals surface area contributed by atoms with Crippen LogP contribution in [0, 0.1) is 0 Å². The van der Waals surface area contributed by atoms with Crippen LogP contribution in [0.1, 0.15) is 24.5 Å². The van der Waals surface area contributed by atoms with Gasteiger partial charge in [0.2, 0.25) is 0 Å². The molecule has 0 aliphatic heterocycles. The number of nitrogens with zero attached hydrogens (tertiary/aromatic N) is 4. The molecular weight excluding hydrogens is 250 g/mol. The maximum absolute atomic E-state index is 6.26. The van der Waals surface area contributed by atoms with E-state index in [9.17, 15) is 0 Å². The first-order valence-electron chi connectivity index (χ1n) is 6.86. The van der Waals surface area contributed by atoms with E-state index in [2.05, 4.69) is 22.5 Å². The van der Waals surface area contributed by atoms with E-state index in [1.807, 2.05) is 36.0 Å². The van der Waals surface area contributed by atoms with Crippen LogP contribution in [-0.4, -0.2) is 19.1 Å². The number of hydrogen-bond donors (Lipinski definition) is 1. The molecule has 1 atom stereocenters. The van der Waals surface area contributed by atoms with E-state index < -0.39 is 0 Å². The maximum atomic E-state index is 6.26. The molecule has 3 rings (SSSR count). The largest absolute Gasteiger partial charge is 0.340 e. The molecule has 2 N–H and O–H groups in total. The fraction of sp³-hybridized carbons (Fsp3) is 0.333. The summed E-state index contributed by atoms with van der Waals surface area (Å²) >= 11 is 0. The molecule has 2 heterocycles. The Kier molecular flexibility index (Phi) is 3.28. The van der Waals surface area contributed by atoms with Crippen molar-refractivity contribution in [2.45, 2.75) is 25.9 Å². The van der Waals surface area contributed by atoms with Crippen molar-refractivity contribution in [1.82, 2.24) is 19.1 Å². The molecule has 0 fully saturated rings. The van der Waals surface area contributed by atoms with E-state index in [1.165, 1.54) is 5.52 Å². The van der Waals surface area contributed by atoms with Gasteiger partial charge in [-0.1, -0.05) is 12.1 Å². The third kappa shape index (κ3) is 2.20. The number of benzene rings is 1. The Balaban J connectivity index is 1.94. The van der Waals surface area contributed by atoms with Crippen molar-refractivity contribution in [1.29, 1.82) is 0 Å². The molecule has 20 heavy (non-hydrogen) atoms. The second kappa shape index (κ2) is 5.09. The van der Waals surface area contributed by atoms with Gasteiger partial charge in [-0.15, -0.1) is 0 Å². The Morgan fingerprint density at radius 3 is 2.80 bits per heavy atom. The summed E-state index contributed by atoms with van der Waals surface area (Å²) in [6, 6.07) is 8.06. The van der Waals surface area contributed by atoms with Gasteiger partial charge < -0.3 is 14.9 Å². The van der Waals surface area contributed by atoms with Crippen molar-refractivity contribution in [2.24, 2.45) is 12.8 Å². The summed E-state index contributed by atoms with van der Waals surface area (Å²) in [5, 5.41) is 0. The molecule has 0 radical (unpaired) electrons. The fourth-order valence-electron chi connectivity index (χ4n) is 2.56. The number of aromatic nitrogens is 4. The van der Waals surface area contributed by atoms with Crippen LogP contribution < -0.4 is 5.73 Å². The minimum absolute atomic E-state index is 0.127. The van der Waals surface area contributed by atoms with Crippen molar-refractivity contribution in [2.75, 3.05) is 0 Å². The second-order valence-corrected chi connectivity index (χ2v) is 5.04. The van der Waals surface area contributed by atoms with Gasteiger partial charge in [-0.3, -0.25) is 0 Å². The average Bonchev–Trinajstić information content (AvgIpc) is 3.01. The van der Waals surface area contributed by atoms with Crippen molar-refractivity contribution in [3.05, 3.63) is 48.3 Å². The molecule has 0 bridgehead atoms. The zero-order valence-corrected chi connectivity index (χ0v) is 11.8. The van der Waals surface area contributed by atoms with E-state index in [-0.39, 0.29) is 6.04 Å². The zero-order valence-electron chi connectivity index (χ0n) is 11.8. The third-order valence-corrected chi connectivity index (χ3v) is 3.56. The lowest BCUT2D eigenvalue weighted by molar-refractivity contribution is 0.627. The van der Waals surface area contributed by atoms with Crippen molar-refractivity contribution in [3.63, 3.8) is 0 Å². The Labute approximate surface area is 118 Å². The third-order valence-electron chi connectivity index (χ3n) is 3.56. The predicted molar refractivity (Wildman–Crippen MR) is 79.2 cm³/mol. The van der Waals surface area contributed by atoms with Gasteiger partial charge in [-0.2, -0.15) is 0 Å². The highest BCUT2D eigenvalue weighted by atomic mass is 15.1. The Morgan fingerprint density at radius 1 is 1.30 bits per heavy atom. The molecule has 1 aromatic carbocycles. The van der Waals surface area contributed by atoms with Crippen LogP contribution in [0.2, 0.25) is 0 Å². The van der Waals surface area contributed by atoms with Crippen molar-refractivity contribution in [3.8, 4) is 0 Å². The quantitative estimate of drug-likeness (QED) is 0.788. The summed E-state index contributed by atoms with van der Waals surface area (Å²) in [5.74, 6) is 1.02. The van der Waals surface area contributed by atoms with E-state index >= 15 is 0 Å². The monoisotopic (exact) mass is 269 g/mol. The first-order valence-corrected chi connectivity index (χ1v) is 6.86. The van der Waals surface area contributed by atoms with Crippen LogP contribution in [0.3, 0.4) is 0 Å². The van der Waals surface area contributed by atoms with Crippen LogP contribution >= 0.6 is 0 Å². The lowest BCUT2D eigenvalue weighted by atomic mass is 10.1. The number of fused-ring (bicyclic) bond motifs is 1. The molecule has 5 nitrogen and oxygen atoms in total. The van der Waals surface area contributed by atoms with Crippen LogP contribution in [0.25, 0.3) is 11.0 Å². The summed E-state index contributed by atoms with van der Waals surface area (Å²) in [7, 11) is 1.95. The van der Waals surface area contributed by atoms with Crippen molar-refractivity contribution >= 4 is 11.0 Å². The number of imidazole rings is 2. The molecule has 1 unspecified atom stereocenters. The molecule has 0 aliphatic rings.